The molecule has 2 atom stereocenters. The van der Waals surface area contributed by atoms with Crippen LogP contribution in [0.25, 0.3) is 0 Å². The molecule has 0 aliphatic carbocycles. The van der Waals surface area contributed by atoms with Gasteiger partial charge in [-0.15, -0.1) is 0 Å². The van der Waals surface area contributed by atoms with E-state index in [0.29, 0.717) is 6.04 Å². The number of hydrogen-bond acceptors (Lipinski definition) is 3. The molecule has 2 aliphatic heterocycles. The molecule has 2 aliphatic rings. The summed E-state index contributed by atoms with van der Waals surface area (Å²) in [6.07, 6.45) is 2.65. The highest BCUT2D eigenvalue weighted by atomic mass is 16.3. The summed E-state index contributed by atoms with van der Waals surface area (Å²) in [5, 5.41) is 10.7. The van der Waals surface area contributed by atoms with Crippen LogP contribution < -0.4 is 0 Å². The molecule has 2 aromatic rings. The third-order valence-electron chi connectivity index (χ3n) is 6.13. The Balaban J connectivity index is 1.31. The highest BCUT2D eigenvalue weighted by Gasteiger charge is 2.34. The maximum atomic E-state index is 12.6. The first kappa shape index (κ1) is 18.2. The molecule has 142 valence electrons. The molecular formula is C23H28N2O2. The van der Waals surface area contributed by atoms with E-state index >= 15 is 0 Å². The van der Waals surface area contributed by atoms with Crippen LogP contribution in [0, 0.1) is 0 Å². The van der Waals surface area contributed by atoms with Gasteiger partial charge in [0.25, 0.3) is 5.91 Å². The second kappa shape index (κ2) is 8.24. The van der Waals surface area contributed by atoms with Crippen molar-refractivity contribution in [1.29, 1.82) is 0 Å². The fourth-order valence-electron chi connectivity index (χ4n) is 4.57. The Morgan fingerprint density at radius 1 is 0.852 bits per heavy atom. The van der Waals surface area contributed by atoms with Gasteiger partial charge in [-0.1, -0.05) is 48.5 Å². The minimum Gasteiger partial charge on any atom is -0.391 e. The third kappa shape index (κ3) is 4.07. The zero-order valence-corrected chi connectivity index (χ0v) is 15.7. The molecule has 4 heteroatoms. The average Bonchev–Trinajstić information content (AvgIpc) is 2.74. The second-order valence-corrected chi connectivity index (χ2v) is 7.76. The number of aliphatic hydroxyl groups excluding tert-OH is 1. The number of β-amino-alcohol motifs (C(OH)–C–C–N with tert-alkyl or cyclic N) is 1. The highest BCUT2D eigenvalue weighted by Crippen LogP contribution is 2.31. The minimum atomic E-state index is -0.315. The van der Waals surface area contributed by atoms with E-state index in [1.807, 2.05) is 53.4 Å². The summed E-state index contributed by atoms with van der Waals surface area (Å²) >= 11 is 0. The van der Waals surface area contributed by atoms with Crippen LogP contribution in [0.3, 0.4) is 0 Å². The zero-order valence-electron chi connectivity index (χ0n) is 15.7. The van der Waals surface area contributed by atoms with Crippen LogP contribution in [0.15, 0.2) is 60.7 Å². The molecule has 2 fully saturated rings. The van der Waals surface area contributed by atoms with E-state index in [0.717, 1.165) is 51.0 Å². The van der Waals surface area contributed by atoms with Crippen molar-refractivity contribution in [3.8, 4) is 0 Å². The highest BCUT2D eigenvalue weighted by molar-refractivity contribution is 5.94. The van der Waals surface area contributed by atoms with E-state index in [1.54, 1.807) is 0 Å². The van der Waals surface area contributed by atoms with Gasteiger partial charge in [-0.3, -0.25) is 9.69 Å². The van der Waals surface area contributed by atoms with Gasteiger partial charge in [0, 0.05) is 37.2 Å². The van der Waals surface area contributed by atoms with Crippen molar-refractivity contribution in [3.05, 3.63) is 71.8 Å². The molecule has 1 amide bonds. The number of hydrogen-bond donors (Lipinski definition) is 1. The molecule has 27 heavy (non-hydrogen) atoms. The maximum absolute atomic E-state index is 12.6. The van der Waals surface area contributed by atoms with E-state index in [-0.39, 0.29) is 17.9 Å². The standard InChI is InChI=1S/C23H28N2O2/c26-22-17-25(16-13-21(22)18-7-3-1-4-8-18)20-11-14-24(15-12-20)23(27)19-9-5-2-6-10-19/h1-10,20-22,26H,11-17H2/t21-,22-/m1/s1. The van der Waals surface area contributed by atoms with Crippen molar-refractivity contribution in [2.24, 2.45) is 0 Å². The predicted octanol–water partition coefficient (Wildman–Crippen LogP) is 3.14. The van der Waals surface area contributed by atoms with Gasteiger partial charge in [0.15, 0.2) is 0 Å². The molecule has 2 heterocycles. The van der Waals surface area contributed by atoms with Crippen LogP contribution in [0.4, 0.5) is 0 Å². The van der Waals surface area contributed by atoms with Gasteiger partial charge in [-0.2, -0.15) is 0 Å². The summed E-state index contributed by atoms with van der Waals surface area (Å²) < 4.78 is 0. The number of likely N-dealkylation sites (tertiary alicyclic amines) is 2. The molecule has 2 saturated heterocycles. The van der Waals surface area contributed by atoms with E-state index < -0.39 is 0 Å². The number of rotatable bonds is 3. The maximum Gasteiger partial charge on any atom is 0.253 e. The largest absolute Gasteiger partial charge is 0.391 e. The summed E-state index contributed by atoms with van der Waals surface area (Å²) in [7, 11) is 0. The molecule has 0 bridgehead atoms. The molecule has 0 unspecified atom stereocenters. The summed E-state index contributed by atoms with van der Waals surface area (Å²) in [6, 6.07) is 20.4. The Kier molecular flexibility index (Phi) is 5.55. The minimum absolute atomic E-state index is 0.136. The molecule has 4 nitrogen and oxygen atoms in total. The van der Waals surface area contributed by atoms with Crippen LogP contribution in [0.5, 0.6) is 0 Å². The molecule has 4 rings (SSSR count). The number of nitrogens with zero attached hydrogens (tertiary/aromatic N) is 2. The van der Waals surface area contributed by atoms with Crippen molar-refractivity contribution in [2.45, 2.75) is 37.3 Å². The van der Waals surface area contributed by atoms with E-state index in [1.165, 1.54) is 5.56 Å². The number of carbonyl (C=O) groups is 1. The van der Waals surface area contributed by atoms with Gasteiger partial charge in [-0.25, -0.2) is 0 Å². The van der Waals surface area contributed by atoms with E-state index in [4.69, 9.17) is 0 Å². The first-order chi connectivity index (χ1) is 13.2. The normalized spacial score (nSPS) is 24.7. The topological polar surface area (TPSA) is 43.8 Å². The number of aliphatic hydroxyl groups is 1. The zero-order chi connectivity index (χ0) is 18.6. The molecule has 0 radical (unpaired) electrons. The Bertz CT molecular complexity index is 741. The number of carbonyl (C=O) groups excluding carboxylic acids is 1. The van der Waals surface area contributed by atoms with Crippen LogP contribution in [0.2, 0.25) is 0 Å². The summed E-state index contributed by atoms with van der Waals surface area (Å²) in [5.74, 6) is 0.374. The Labute approximate surface area is 161 Å². The third-order valence-corrected chi connectivity index (χ3v) is 6.13. The summed E-state index contributed by atoms with van der Waals surface area (Å²) in [5.41, 5.74) is 2.02. The number of benzene rings is 2. The Morgan fingerprint density at radius 2 is 1.48 bits per heavy atom. The van der Waals surface area contributed by atoms with Gasteiger partial charge in [0.1, 0.15) is 0 Å². The van der Waals surface area contributed by atoms with Gasteiger partial charge in [0.2, 0.25) is 0 Å². The first-order valence-corrected chi connectivity index (χ1v) is 10.0. The van der Waals surface area contributed by atoms with Gasteiger partial charge < -0.3 is 10.0 Å². The SMILES string of the molecule is O=C(c1ccccc1)N1CCC(N2CC[C@H](c3ccccc3)[C@H](O)C2)CC1. The monoisotopic (exact) mass is 364 g/mol. The molecule has 0 saturated carbocycles. The number of piperidine rings is 2. The van der Waals surface area contributed by atoms with Crippen LogP contribution >= 0.6 is 0 Å². The predicted molar refractivity (Wildman–Crippen MR) is 107 cm³/mol. The van der Waals surface area contributed by atoms with Gasteiger partial charge in [-0.05, 0) is 43.5 Å². The molecule has 0 aromatic heterocycles. The molecular weight excluding hydrogens is 336 g/mol. The van der Waals surface area contributed by atoms with Crippen LogP contribution in [0.1, 0.15) is 41.1 Å². The molecule has 0 spiro atoms. The van der Waals surface area contributed by atoms with Crippen molar-refractivity contribution in [3.63, 3.8) is 0 Å². The average molecular weight is 364 g/mol. The lowest BCUT2D eigenvalue weighted by Crippen LogP contribution is -2.52. The van der Waals surface area contributed by atoms with Crippen molar-refractivity contribution in [2.75, 3.05) is 26.2 Å². The van der Waals surface area contributed by atoms with E-state index in [9.17, 15) is 9.90 Å². The lowest BCUT2D eigenvalue weighted by molar-refractivity contribution is 0.0120. The first-order valence-electron chi connectivity index (χ1n) is 10.0. The van der Waals surface area contributed by atoms with Crippen LogP contribution in [-0.4, -0.2) is 59.1 Å². The fourth-order valence-corrected chi connectivity index (χ4v) is 4.57. The quantitative estimate of drug-likeness (QED) is 0.910. The Hall–Kier alpha value is -2.17. The van der Waals surface area contributed by atoms with Gasteiger partial charge >= 0.3 is 0 Å². The van der Waals surface area contributed by atoms with Crippen LogP contribution in [-0.2, 0) is 0 Å². The van der Waals surface area contributed by atoms with Crippen molar-refractivity contribution >= 4 is 5.91 Å². The summed E-state index contributed by atoms with van der Waals surface area (Å²) in [6.45, 7) is 3.35. The smallest absolute Gasteiger partial charge is 0.253 e. The van der Waals surface area contributed by atoms with Crippen molar-refractivity contribution in [1.82, 2.24) is 9.80 Å². The Morgan fingerprint density at radius 3 is 2.11 bits per heavy atom. The lowest BCUT2D eigenvalue weighted by Gasteiger charge is -2.43. The molecule has 2 aromatic carbocycles. The fraction of sp³-hybridized carbons (Fsp3) is 0.435. The second-order valence-electron chi connectivity index (χ2n) is 7.76. The number of amides is 1. The van der Waals surface area contributed by atoms with E-state index in [2.05, 4.69) is 17.0 Å². The summed E-state index contributed by atoms with van der Waals surface area (Å²) in [4.78, 5) is 17.0. The lowest BCUT2D eigenvalue weighted by atomic mass is 9.86. The van der Waals surface area contributed by atoms with Gasteiger partial charge in [0.05, 0.1) is 6.10 Å². The molecule has 1 N–H and O–H groups in total. The van der Waals surface area contributed by atoms with Crippen molar-refractivity contribution < 1.29 is 9.90 Å².